The highest BCUT2D eigenvalue weighted by molar-refractivity contribution is 6.09. The Bertz CT molecular complexity index is 1120. The van der Waals surface area contributed by atoms with Crippen LogP contribution >= 0.6 is 0 Å². The van der Waals surface area contributed by atoms with Crippen molar-refractivity contribution in [2.75, 3.05) is 0 Å². The molecule has 0 radical (unpaired) electrons. The lowest BCUT2D eigenvalue weighted by Gasteiger charge is -2.18. The molecule has 2 aromatic heterocycles. The van der Waals surface area contributed by atoms with E-state index in [0.717, 1.165) is 33.3 Å². The van der Waals surface area contributed by atoms with Gasteiger partial charge in [0.15, 0.2) is 0 Å². The zero-order valence-corrected chi connectivity index (χ0v) is 15.9. The average molecular weight is 367 g/mol. The van der Waals surface area contributed by atoms with Gasteiger partial charge in [0.2, 0.25) is 0 Å². The zero-order valence-electron chi connectivity index (χ0n) is 15.9. The van der Waals surface area contributed by atoms with Crippen molar-refractivity contribution in [2.24, 2.45) is 0 Å². The molecular weight excluding hydrogens is 346 g/mol. The summed E-state index contributed by atoms with van der Waals surface area (Å²) in [6.07, 6.45) is 3.50. The molecule has 4 aromatic rings. The largest absolute Gasteiger partial charge is 0.345 e. The summed E-state index contributed by atoms with van der Waals surface area (Å²) in [6.45, 7) is 3.93. The molecule has 0 aliphatic rings. The predicted molar refractivity (Wildman–Crippen MR) is 112 cm³/mol. The van der Waals surface area contributed by atoms with Crippen LogP contribution in [0.5, 0.6) is 0 Å². The van der Waals surface area contributed by atoms with Crippen LogP contribution in [0.4, 0.5) is 0 Å². The Morgan fingerprint density at radius 3 is 2.46 bits per heavy atom. The number of benzene rings is 2. The van der Waals surface area contributed by atoms with Gasteiger partial charge in [-0.3, -0.25) is 9.78 Å². The van der Waals surface area contributed by atoms with Gasteiger partial charge in [0.05, 0.1) is 22.8 Å². The monoisotopic (exact) mass is 367 g/mol. The van der Waals surface area contributed by atoms with Crippen molar-refractivity contribution >= 4 is 16.8 Å². The zero-order chi connectivity index (χ0) is 19.5. The number of hydrogen-bond acceptors (Lipinski definition) is 3. The summed E-state index contributed by atoms with van der Waals surface area (Å²) >= 11 is 0. The molecule has 2 aromatic carbocycles. The molecule has 4 rings (SSSR count). The lowest BCUT2D eigenvalue weighted by atomic mass is 9.97. The van der Waals surface area contributed by atoms with Crippen LogP contribution in [-0.4, -0.2) is 15.9 Å². The number of fused-ring (bicyclic) bond motifs is 1. The number of nitrogens with one attached hydrogen (secondary N) is 1. The highest BCUT2D eigenvalue weighted by atomic mass is 16.1. The molecular formula is C24H21N3O. The van der Waals surface area contributed by atoms with Crippen molar-refractivity contribution in [3.8, 4) is 11.3 Å². The normalized spacial score (nSPS) is 11.9. The molecule has 1 unspecified atom stereocenters. The second kappa shape index (κ2) is 7.61. The minimum absolute atomic E-state index is 0.107. The molecule has 2 heterocycles. The van der Waals surface area contributed by atoms with E-state index >= 15 is 0 Å². The Hall–Kier alpha value is -3.53. The van der Waals surface area contributed by atoms with Crippen molar-refractivity contribution in [3.05, 3.63) is 95.8 Å². The third-order valence-electron chi connectivity index (χ3n) is 4.94. The second-order valence-electron chi connectivity index (χ2n) is 6.83. The average Bonchev–Trinajstić information content (AvgIpc) is 2.74. The molecule has 0 aliphatic carbocycles. The maximum Gasteiger partial charge on any atom is 0.252 e. The third-order valence-corrected chi connectivity index (χ3v) is 4.94. The van der Waals surface area contributed by atoms with Crippen LogP contribution in [0.3, 0.4) is 0 Å². The summed E-state index contributed by atoms with van der Waals surface area (Å²) in [4.78, 5) is 22.3. The number of rotatable bonds is 4. The van der Waals surface area contributed by atoms with Gasteiger partial charge in [0, 0.05) is 23.3 Å². The van der Waals surface area contributed by atoms with E-state index in [1.54, 1.807) is 12.4 Å². The Morgan fingerprint density at radius 2 is 1.71 bits per heavy atom. The van der Waals surface area contributed by atoms with E-state index in [1.165, 1.54) is 0 Å². The van der Waals surface area contributed by atoms with Crippen molar-refractivity contribution in [3.63, 3.8) is 0 Å². The second-order valence-corrected chi connectivity index (χ2v) is 6.83. The van der Waals surface area contributed by atoms with Gasteiger partial charge in [-0.1, -0.05) is 54.6 Å². The van der Waals surface area contributed by atoms with Crippen molar-refractivity contribution in [2.45, 2.75) is 19.9 Å². The van der Waals surface area contributed by atoms with Gasteiger partial charge in [-0.15, -0.1) is 0 Å². The lowest BCUT2D eigenvalue weighted by molar-refractivity contribution is 0.0941. The number of carbonyl (C=O) groups excluding carboxylic acids is 1. The molecule has 1 N–H and O–H groups in total. The number of carbonyl (C=O) groups is 1. The SMILES string of the molecule is Cc1c(-c2ccccc2)nc2ccccc2c1C(=O)NC(C)c1cccnc1. The fraction of sp³-hybridized carbons (Fsp3) is 0.125. The molecule has 0 fully saturated rings. The van der Waals surface area contributed by atoms with Gasteiger partial charge in [-0.2, -0.15) is 0 Å². The van der Waals surface area contributed by atoms with Gasteiger partial charge < -0.3 is 5.32 Å². The molecule has 1 atom stereocenters. The van der Waals surface area contributed by atoms with E-state index in [1.807, 2.05) is 80.6 Å². The highest BCUT2D eigenvalue weighted by Gasteiger charge is 2.20. The molecule has 0 spiro atoms. The Morgan fingerprint density at radius 1 is 0.964 bits per heavy atom. The molecule has 0 saturated carbocycles. The quantitative estimate of drug-likeness (QED) is 0.546. The lowest BCUT2D eigenvalue weighted by Crippen LogP contribution is -2.28. The minimum atomic E-state index is -0.146. The first-order valence-electron chi connectivity index (χ1n) is 9.30. The number of nitrogens with zero attached hydrogens (tertiary/aromatic N) is 2. The Labute approximate surface area is 164 Å². The summed E-state index contributed by atoms with van der Waals surface area (Å²) in [7, 11) is 0. The van der Waals surface area contributed by atoms with Crippen LogP contribution in [0.1, 0.15) is 34.5 Å². The fourth-order valence-corrected chi connectivity index (χ4v) is 3.46. The topological polar surface area (TPSA) is 54.9 Å². The molecule has 4 heteroatoms. The van der Waals surface area contributed by atoms with Crippen LogP contribution in [0, 0.1) is 6.92 Å². The van der Waals surface area contributed by atoms with E-state index in [0.29, 0.717) is 5.56 Å². The van der Waals surface area contributed by atoms with Crippen molar-refractivity contribution in [1.29, 1.82) is 0 Å². The summed E-state index contributed by atoms with van der Waals surface area (Å²) in [5.41, 5.74) is 5.15. The fourth-order valence-electron chi connectivity index (χ4n) is 3.46. The third kappa shape index (κ3) is 3.37. The molecule has 28 heavy (non-hydrogen) atoms. The van der Waals surface area contributed by atoms with E-state index < -0.39 is 0 Å². The highest BCUT2D eigenvalue weighted by Crippen LogP contribution is 2.30. The van der Waals surface area contributed by atoms with Crippen LogP contribution in [-0.2, 0) is 0 Å². The number of pyridine rings is 2. The summed E-state index contributed by atoms with van der Waals surface area (Å²) < 4.78 is 0. The molecule has 138 valence electrons. The summed E-state index contributed by atoms with van der Waals surface area (Å²) in [6, 6.07) is 21.4. The smallest absolute Gasteiger partial charge is 0.252 e. The Kier molecular flexibility index (Phi) is 4.85. The summed E-state index contributed by atoms with van der Waals surface area (Å²) in [5.74, 6) is -0.107. The summed E-state index contributed by atoms with van der Waals surface area (Å²) in [5, 5.41) is 3.97. The minimum Gasteiger partial charge on any atom is -0.345 e. The molecule has 1 amide bonds. The standard InChI is InChI=1S/C24H21N3O/c1-16-22(24(28)26-17(2)19-11-8-14-25-15-19)20-12-6-7-13-21(20)27-23(16)18-9-4-3-5-10-18/h3-15,17H,1-2H3,(H,26,28). The van der Waals surface area contributed by atoms with E-state index in [-0.39, 0.29) is 11.9 Å². The maximum atomic E-state index is 13.3. The van der Waals surface area contributed by atoms with Gasteiger partial charge in [0.25, 0.3) is 5.91 Å². The van der Waals surface area contributed by atoms with Crippen LogP contribution in [0.15, 0.2) is 79.1 Å². The van der Waals surface area contributed by atoms with E-state index in [9.17, 15) is 4.79 Å². The predicted octanol–water partition coefficient (Wildman–Crippen LogP) is 5.10. The Balaban J connectivity index is 1.81. The number of amides is 1. The van der Waals surface area contributed by atoms with Crippen LogP contribution in [0.2, 0.25) is 0 Å². The molecule has 0 bridgehead atoms. The maximum absolute atomic E-state index is 13.3. The van der Waals surface area contributed by atoms with Gasteiger partial charge >= 0.3 is 0 Å². The first kappa shape index (κ1) is 17.9. The molecule has 0 aliphatic heterocycles. The number of hydrogen-bond donors (Lipinski definition) is 1. The number of aromatic nitrogens is 2. The first-order valence-corrected chi connectivity index (χ1v) is 9.30. The van der Waals surface area contributed by atoms with Crippen LogP contribution in [0.25, 0.3) is 22.2 Å². The van der Waals surface area contributed by atoms with Crippen LogP contribution < -0.4 is 5.32 Å². The number of para-hydroxylation sites is 1. The van der Waals surface area contributed by atoms with Gasteiger partial charge in [0.1, 0.15) is 0 Å². The molecule has 4 nitrogen and oxygen atoms in total. The van der Waals surface area contributed by atoms with E-state index in [2.05, 4.69) is 10.3 Å². The first-order chi connectivity index (χ1) is 13.6. The van der Waals surface area contributed by atoms with Gasteiger partial charge in [-0.05, 0) is 37.1 Å². The van der Waals surface area contributed by atoms with E-state index in [4.69, 9.17) is 4.98 Å². The van der Waals surface area contributed by atoms with Crippen molar-refractivity contribution in [1.82, 2.24) is 15.3 Å². The van der Waals surface area contributed by atoms with Crippen molar-refractivity contribution < 1.29 is 4.79 Å². The van der Waals surface area contributed by atoms with Gasteiger partial charge in [-0.25, -0.2) is 4.98 Å². The molecule has 0 saturated heterocycles.